The van der Waals surface area contributed by atoms with Crippen LogP contribution >= 0.6 is 11.3 Å². The van der Waals surface area contributed by atoms with Gasteiger partial charge in [0.15, 0.2) is 4.96 Å². The average molecular weight is 329 g/mol. The van der Waals surface area contributed by atoms with Crippen LogP contribution in [0.1, 0.15) is 42.1 Å². The molecule has 0 saturated carbocycles. The molecule has 1 amide bonds. The summed E-state index contributed by atoms with van der Waals surface area (Å²) in [6.45, 7) is 5.65. The minimum Gasteiger partial charge on any atom is -0.294 e. The molecule has 0 fully saturated rings. The van der Waals surface area contributed by atoms with Crippen LogP contribution in [0.4, 0.5) is 0 Å². The van der Waals surface area contributed by atoms with Crippen molar-refractivity contribution in [2.24, 2.45) is 5.92 Å². The number of carbonyl (C=O) groups is 1. The first-order chi connectivity index (χ1) is 9.84. The molecular weight excluding hydrogens is 310 g/mol. The van der Waals surface area contributed by atoms with Crippen molar-refractivity contribution in [1.29, 1.82) is 0 Å². The maximum atomic E-state index is 12.2. The van der Waals surface area contributed by atoms with Gasteiger partial charge in [-0.2, -0.15) is 0 Å². The van der Waals surface area contributed by atoms with Gasteiger partial charge in [0.1, 0.15) is 4.88 Å². The number of thiazole rings is 1. The third-order valence-electron chi connectivity index (χ3n) is 3.23. The SMILES string of the molecule is CCCC(C)CS(=O)(=O)NC(=O)c1sc2nccn2c1C. The van der Waals surface area contributed by atoms with Gasteiger partial charge in [0.25, 0.3) is 5.91 Å². The van der Waals surface area contributed by atoms with Crippen LogP contribution in [-0.4, -0.2) is 29.5 Å². The lowest BCUT2D eigenvalue weighted by molar-refractivity contribution is 0.0984. The standard InChI is InChI=1S/C13H19N3O3S2/c1-4-5-9(2)8-21(18,19)15-12(17)11-10(3)16-7-6-14-13(16)20-11/h6-7,9H,4-5,8H2,1-3H3,(H,15,17). The van der Waals surface area contributed by atoms with Gasteiger partial charge < -0.3 is 0 Å². The van der Waals surface area contributed by atoms with Crippen molar-refractivity contribution in [3.63, 3.8) is 0 Å². The molecule has 21 heavy (non-hydrogen) atoms. The van der Waals surface area contributed by atoms with Crippen molar-refractivity contribution in [2.45, 2.75) is 33.6 Å². The van der Waals surface area contributed by atoms with Crippen LogP contribution < -0.4 is 4.72 Å². The van der Waals surface area contributed by atoms with E-state index < -0.39 is 15.9 Å². The Balaban J connectivity index is 2.13. The Labute approximate surface area is 128 Å². The summed E-state index contributed by atoms with van der Waals surface area (Å²) in [6.07, 6.45) is 5.13. The van der Waals surface area contributed by atoms with E-state index >= 15 is 0 Å². The number of nitrogens with zero attached hydrogens (tertiary/aromatic N) is 2. The van der Waals surface area contributed by atoms with E-state index in [2.05, 4.69) is 9.71 Å². The molecule has 8 heteroatoms. The molecule has 1 atom stereocenters. The van der Waals surface area contributed by atoms with Crippen LogP contribution in [0.15, 0.2) is 12.4 Å². The third-order valence-corrected chi connectivity index (χ3v) is 5.90. The van der Waals surface area contributed by atoms with E-state index in [0.29, 0.717) is 15.5 Å². The van der Waals surface area contributed by atoms with Crippen LogP contribution in [0.5, 0.6) is 0 Å². The minimum atomic E-state index is -3.61. The number of rotatable bonds is 6. The molecule has 1 N–H and O–H groups in total. The zero-order valence-electron chi connectivity index (χ0n) is 12.3. The van der Waals surface area contributed by atoms with Crippen molar-refractivity contribution in [3.05, 3.63) is 23.0 Å². The van der Waals surface area contributed by atoms with E-state index in [0.717, 1.165) is 12.8 Å². The number of carbonyl (C=O) groups excluding carboxylic acids is 1. The zero-order chi connectivity index (χ0) is 15.6. The van der Waals surface area contributed by atoms with E-state index in [-0.39, 0.29) is 11.7 Å². The Hall–Kier alpha value is -1.41. The lowest BCUT2D eigenvalue weighted by atomic mass is 10.1. The van der Waals surface area contributed by atoms with Crippen LogP contribution in [0.2, 0.25) is 0 Å². The third kappa shape index (κ3) is 3.62. The predicted molar refractivity (Wildman–Crippen MR) is 83.1 cm³/mol. The second-order valence-electron chi connectivity index (χ2n) is 5.20. The monoisotopic (exact) mass is 329 g/mol. The van der Waals surface area contributed by atoms with Crippen LogP contribution in [0.3, 0.4) is 0 Å². The molecule has 1 unspecified atom stereocenters. The average Bonchev–Trinajstić information content (AvgIpc) is 2.91. The molecule has 0 aromatic carbocycles. The minimum absolute atomic E-state index is 0.0297. The van der Waals surface area contributed by atoms with Crippen LogP contribution in [0.25, 0.3) is 4.96 Å². The fourth-order valence-electron chi connectivity index (χ4n) is 2.29. The Morgan fingerprint density at radius 1 is 1.52 bits per heavy atom. The second kappa shape index (κ2) is 6.15. The van der Waals surface area contributed by atoms with Crippen LogP contribution in [0, 0.1) is 12.8 Å². The molecular formula is C13H19N3O3S2. The smallest absolute Gasteiger partial charge is 0.276 e. The van der Waals surface area contributed by atoms with Crippen molar-refractivity contribution >= 4 is 32.2 Å². The Morgan fingerprint density at radius 3 is 2.86 bits per heavy atom. The lowest BCUT2D eigenvalue weighted by Crippen LogP contribution is -2.34. The number of fused-ring (bicyclic) bond motifs is 1. The predicted octanol–water partition coefficient (Wildman–Crippen LogP) is 2.20. The number of aryl methyl sites for hydroxylation is 1. The molecule has 0 saturated heterocycles. The van der Waals surface area contributed by atoms with E-state index in [1.807, 2.05) is 13.8 Å². The molecule has 116 valence electrons. The first-order valence-corrected chi connectivity index (χ1v) is 9.28. The van der Waals surface area contributed by atoms with Crippen LogP contribution in [-0.2, 0) is 10.0 Å². The Kier molecular flexibility index (Phi) is 4.67. The molecule has 6 nitrogen and oxygen atoms in total. The fourth-order valence-corrected chi connectivity index (χ4v) is 4.72. The van der Waals surface area contributed by atoms with E-state index in [1.54, 1.807) is 23.7 Å². The van der Waals surface area contributed by atoms with E-state index in [1.165, 1.54) is 11.3 Å². The van der Waals surface area contributed by atoms with Crippen molar-refractivity contribution in [1.82, 2.24) is 14.1 Å². The number of aromatic nitrogens is 2. The molecule has 0 radical (unpaired) electrons. The van der Waals surface area contributed by atoms with Crippen molar-refractivity contribution in [3.8, 4) is 0 Å². The van der Waals surface area contributed by atoms with E-state index in [9.17, 15) is 13.2 Å². The van der Waals surface area contributed by atoms with Gasteiger partial charge in [-0.3, -0.25) is 9.20 Å². The molecule has 0 bridgehead atoms. The normalized spacial score (nSPS) is 13.5. The molecule has 0 aliphatic carbocycles. The summed E-state index contributed by atoms with van der Waals surface area (Å²) in [6, 6.07) is 0. The number of nitrogens with one attached hydrogen (secondary N) is 1. The van der Waals surface area contributed by atoms with Gasteiger partial charge in [0, 0.05) is 18.1 Å². The van der Waals surface area contributed by atoms with Crippen molar-refractivity contribution < 1.29 is 13.2 Å². The van der Waals surface area contributed by atoms with Gasteiger partial charge in [0.05, 0.1) is 5.75 Å². The topological polar surface area (TPSA) is 80.5 Å². The Bertz CT molecular complexity index is 746. The molecule has 0 spiro atoms. The molecule has 0 aliphatic heterocycles. The highest BCUT2D eigenvalue weighted by Gasteiger charge is 2.22. The summed E-state index contributed by atoms with van der Waals surface area (Å²) < 4.78 is 28.0. The van der Waals surface area contributed by atoms with Gasteiger partial charge in [-0.1, -0.05) is 31.6 Å². The summed E-state index contributed by atoms with van der Waals surface area (Å²) in [4.78, 5) is 17.3. The maximum absolute atomic E-state index is 12.2. The molecule has 0 aliphatic rings. The largest absolute Gasteiger partial charge is 0.294 e. The summed E-state index contributed by atoms with van der Waals surface area (Å²) in [5.41, 5.74) is 0.696. The fraction of sp³-hybridized carbons (Fsp3) is 0.538. The molecule has 2 rings (SSSR count). The van der Waals surface area contributed by atoms with E-state index in [4.69, 9.17) is 0 Å². The van der Waals surface area contributed by atoms with Gasteiger partial charge in [-0.25, -0.2) is 18.1 Å². The summed E-state index contributed by atoms with van der Waals surface area (Å²) in [5.74, 6) is -0.581. The summed E-state index contributed by atoms with van der Waals surface area (Å²) in [5, 5.41) is 0. The Morgan fingerprint density at radius 2 is 2.24 bits per heavy atom. The van der Waals surface area contributed by atoms with Gasteiger partial charge in [-0.05, 0) is 19.3 Å². The first-order valence-electron chi connectivity index (χ1n) is 6.81. The second-order valence-corrected chi connectivity index (χ2v) is 7.95. The lowest BCUT2D eigenvalue weighted by Gasteiger charge is -2.11. The first kappa shape index (κ1) is 16.0. The van der Waals surface area contributed by atoms with Crippen molar-refractivity contribution in [2.75, 3.05) is 5.75 Å². The molecule has 2 heterocycles. The summed E-state index contributed by atoms with van der Waals surface area (Å²) >= 11 is 1.18. The number of imidazole rings is 1. The van der Waals surface area contributed by atoms with Gasteiger partial charge in [-0.15, -0.1) is 0 Å². The highest BCUT2D eigenvalue weighted by Crippen LogP contribution is 2.21. The summed E-state index contributed by atoms with van der Waals surface area (Å²) in [7, 11) is -3.61. The molecule has 2 aromatic rings. The van der Waals surface area contributed by atoms with Gasteiger partial charge >= 0.3 is 0 Å². The number of hydrogen-bond donors (Lipinski definition) is 1. The maximum Gasteiger partial charge on any atom is 0.276 e. The highest BCUT2D eigenvalue weighted by molar-refractivity contribution is 7.90. The molecule has 2 aromatic heterocycles. The zero-order valence-corrected chi connectivity index (χ0v) is 13.9. The van der Waals surface area contributed by atoms with Gasteiger partial charge in [0.2, 0.25) is 10.0 Å². The highest BCUT2D eigenvalue weighted by atomic mass is 32.2. The number of sulfonamides is 1. The number of amides is 1. The quantitative estimate of drug-likeness (QED) is 0.881. The number of hydrogen-bond acceptors (Lipinski definition) is 5.